The van der Waals surface area contributed by atoms with Crippen molar-refractivity contribution in [2.24, 2.45) is 0 Å². The molecule has 0 aliphatic rings. The molecule has 1 heterocycles. The van der Waals surface area contributed by atoms with E-state index < -0.39 is 30.7 Å². The highest BCUT2D eigenvalue weighted by atomic mass is 16.4. The van der Waals surface area contributed by atoms with Gasteiger partial charge in [0.05, 0.1) is 23.2 Å². The smallest absolute Gasteiger partial charge is 0.475 e. The van der Waals surface area contributed by atoms with Gasteiger partial charge in [-0.3, -0.25) is 9.78 Å². The predicted molar refractivity (Wildman–Crippen MR) is 99.8 cm³/mol. The van der Waals surface area contributed by atoms with Crippen molar-refractivity contribution in [1.29, 1.82) is 0 Å². The van der Waals surface area contributed by atoms with E-state index in [2.05, 4.69) is 15.3 Å². The van der Waals surface area contributed by atoms with Gasteiger partial charge in [0.25, 0.3) is 5.91 Å². The number of carbonyl (C=O) groups is 2. The predicted octanol–water partition coefficient (Wildman–Crippen LogP) is 0.387. The molecular weight excluding hydrogens is 365 g/mol. The van der Waals surface area contributed by atoms with E-state index in [1.165, 1.54) is 24.4 Å². The Bertz CT molecular complexity index is 1040. The summed E-state index contributed by atoms with van der Waals surface area (Å²) in [7, 11) is -1.95. The number of fused-ring (bicyclic) bond motifs is 1. The van der Waals surface area contributed by atoms with Gasteiger partial charge in [0, 0.05) is 0 Å². The zero-order chi connectivity index (χ0) is 20.3. The lowest BCUT2D eigenvalue weighted by molar-refractivity contribution is 0.0693. The van der Waals surface area contributed by atoms with Crippen molar-refractivity contribution in [3.63, 3.8) is 0 Å². The zero-order valence-electron chi connectivity index (χ0n) is 14.5. The van der Waals surface area contributed by atoms with E-state index in [0.29, 0.717) is 11.0 Å². The van der Waals surface area contributed by atoms with Crippen LogP contribution in [-0.2, 0) is 6.42 Å². The van der Waals surface area contributed by atoms with Gasteiger partial charge >= 0.3 is 13.1 Å². The summed E-state index contributed by atoms with van der Waals surface area (Å²) in [6.45, 7) is 0. The molecule has 1 amide bonds. The quantitative estimate of drug-likeness (QED) is 0.384. The van der Waals surface area contributed by atoms with Crippen LogP contribution < -0.4 is 5.32 Å². The summed E-state index contributed by atoms with van der Waals surface area (Å²) in [6, 6.07) is 11.0. The van der Waals surface area contributed by atoms with Crippen LogP contribution in [0.25, 0.3) is 11.0 Å². The van der Waals surface area contributed by atoms with Crippen LogP contribution in [0, 0.1) is 0 Å². The first kappa shape index (κ1) is 19.3. The van der Waals surface area contributed by atoms with Gasteiger partial charge in [-0.2, -0.15) is 0 Å². The van der Waals surface area contributed by atoms with Crippen molar-refractivity contribution in [3.8, 4) is 5.75 Å². The lowest BCUT2D eigenvalue weighted by Crippen LogP contribution is -2.48. The van der Waals surface area contributed by atoms with Gasteiger partial charge in [0.2, 0.25) is 0 Å². The molecule has 1 aromatic heterocycles. The summed E-state index contributed by atoms with van der Waals surface area (Å²) in [5.41, 5.74) is 0.905. The Morgan fingerprint density at radius 3 is 2.46 bits per heavy atom. The van der Waals surface area contributed by atoms with Crippen LogP contribution in [0.5, 0.6) is 5.75 Å². The number of aromatic hydroxyl groups is 1. The van der Waals surface area contributed by atoms with E-state index in [1.807, 2.05) is 0 Å². The minimum absolute atomic E-state index is 0.0205. The highest BCUT2D eigenvalue weighted by molar-refractivity contribution is 6.43. The lowest BCUT2D eigenvalue weighted by Gasteiger charge is -2.18. The number of para-hydroxylation sites is 3. The summed E-state index contributed by atoms with van der Waals surface area (Å²) < 4.78 is 0. The minimum atomic E-state index is -1.95. The third kappa shape index (κ3) is 4.08. The molecule has 0 spiro atoms. The van der Waals surface area contributed by atoms with Gasteiger partial charge in [0.1, 0.15) is 17.0 Å². The summed E-state index contributed by atoms with van der Waals surface area (Å²) in [4.78, 5) is 31.9. The first-order chi connectivity index (χ1) is 13.4. The van der Waals surface area contributed by atoms with Crippen molar-refractivity contribution in [2.45, 2.75) is 12.4 Å². The minimum Gasteiger partial charge on any atom is -0.507 e. The number of carbonyl (C=O) groups excluding carboxylic acids is 1. The molecule has 1 atom stereocenters. The van der Waals surface area contributed by atoms with Crippen LogP contribution in [0.2, 0.25) is 0 Å². The second-order valence-corrected chi connectivity index (χ2v) is 6.06. The van der Waals surface area contributed by atoms with Crippen LogP contribution in [0.1, 0.15) is 26.4 Å². The number of rotatable bonds is 6. The number of aromatic nitrogens is 2. The fraction of sp³-hybridized carbons (Fsp3) is 0.111. The highest BCUT2D eigenvalue weighted by Gasteiger charge is 2.28. The number of nitrogens with one attached hydrogen (secondary N) is 1. The monoisotopic (exact) mass is 381 g/mol. The Morgan fingerprint density at radius 2 is 1.79 bits per heavy atom. The number of nitrogens with zero attached hydrogens (tertiary/aromatic N) is 2. The number of hydrogen-bond acceptors (Lipinski definition) is 7. The largest absolute Gasteiger partial charge is 0.507 e. The Hall–Kier alpha value is -3.50. The number of carboxylic acids is 1. The van der Waals surface area contributed by atoms with Gasteiger partial charge in [-0.05, 0) is 30.2 Å². The SMILES string of the molecule is O=C(N[C@@H](Cc1cccc(C(=O)O)c1O)B(O)O)c1cnc2ccccc2n1. The molecule has 10 heteroatoms. The lowest BCUT2D eigenvalue weighted by atomic mass is 9.75. The van der Waals surface area contributed by atoms with Gasteiger partial charge in [-0.1, -0.05) is 24.3 Å². The van der Waals surface area contributed by atoms with E-state index in [0.717, 1.165) is 0 Å². The van der Waals surface area contributed by atoms with Crippen molar-refractivity contribution in [2.75, 3.05) is 0 Å². The average molecular weight is 381 g/mol. The number of hydrogen-bond donors (Lipinski definition) is 5. The maximum Gasteiger partial charge on any atom is 0.475 e. The summed E-state index contributed by atoms with van der Waals surface area (Å²) in [6.07, 6.45) is 1.05. The van der Waals surface area contributed by atoms with Crippen LogP contribution in [0.15, 0.2) is 48.7 Å². The fourth-order valence-electron chi connectivity index (χ4n) is 2.71. The molecule has 142 valence electrons. The first-order valence-electron chi connectivity index (χ1n) is 8.29. The number of amides is 1. The molecule has 9 nitrogen and oxygen atoms in total. The molecule has 0 radical (unpaired) electrons. The second-order valence-electron chi connectivity index (χ2n) is 6.06. The molecule has 0 aliphatic carbocycles. The molecule has 0 aliphatic heterocycles. The maximum atomic E-state index is 12.5. The van der Waals surface area contributed by atoms with Crippen LogP contribution >= 0.6 is 0 Å². The molecule has 0 saturated carbocycles. The van der Waals surface area contributed by atoms with Crippen molar-refractivity contribution >= 4 is 30.0 Å². The van der Waals surface area contributed by atoms with Gasteiger partial charge < -0.3 is 25.6 Å². The maximum absolute atomic E-state index is 12.5. The second kappa shape index (κ2) is 8.03. The van der Waals surface area contributed by atoms with Crippen LogP contribution in [0.3, 0.4) is 0 Å². The zero-order valence-corrected chi connectivity index (χ0v) is 14.5. The van der Waals surface area contributed by atoms with E-state index in [-0.39, 0.29) is 23.2 Å². The normalized spacial score (nSPS) is 11.8. The Balaban J connectivity index is 1.82. The molecule has 3 rings (SSSR count). The molecule has 0 unspecified atom stereocenters. The van der Waals surface area contributed by atoms with E-state index in [9.17, 15) is 24.7 Å². The summed E-state index contributed by atoms with van der Waals surface area (Å²) in [5, 5.41) is 40.8. The van der Waals surface area contributed by atoms with E-state index in [4.69, 9.17) is 5.11 Å². The molecule has 28 heavy (non-hydrogen) atoms. The van der Waals surface area contributed by atoms with Gasteiger partial charge in [0.15, 0.2) is 0 Å². The number of aromatic carboxylic acids is 1. The molecule has 0 bridgehead atoms. The van der Waals surface area contributed by atoms with Gasteiger partial charge in [-0.15, -0.1) is 0 Å². The van der Waals surface area contributed by atoms with Crippen LogP contribution in [-0.4, -0.2) is 55.2 Å². The molecule has 3 aromatic rings. The summed E-state index contributed by atoms with van der Waals surface area (Å²) in [5.74, 6) is -3.72. The van der Waals surface area contributed by atoms with E-state index in [1.54, 1.807) is 24.3 Å². The third-order valence-corrected chi connectivity index (χ3v) is 4.15. The fourth-order valence-corrected chi connectivity index (χ4v) is 2.71. The molecular formula is C18H16BN3O6. The van der Waals surface area contributed by atoms with E-state index >= 15 is 0 Å². The highest BCUT2D eigenvalue weighted by Crippen LogP contribution is 2.24. The van der Waals surface area contributed by atoms with Crippen molar-refractivity contribution in [1.82, 2.24) is 15.3 Å². The van der Waals surface area contributed by atoms with Crippen molar-refractivity contribution in [3.05, 3.63) is 65.5 Å². The van der Waals surface area contributed by atoms with Crippen LogP contribution in [0.4, 0.5) is 0 Å². The Labute approximate surface area is 159 Å². The van der Waals surface area contributed by atoms with Crippen molar-refractivity contribution < 1.29 is 29.9 Å². The molecule has 0 fully saturated rings. The number of phenols is 1. The average Bonchev–Trinajstić information content (AvgIpc) is 2.68. The third-order valence-electron chi connectivity index (χ3n) is 4.15. The van der Waals surface area contributed by atoms with Gasteiger partial charge in [-0.25, -0.2) is 9.78 Å². The Morgan fingerprint density at radius 1 is 1.07 bits per heavy atom. The topological polar surface area (TPSA) is 153 Å². The Kier molecular flexibility index (Phi) is 5.53. The molecule has 5 N–H and O–H groups in total. The first-order valence-corrected chi connectivity index (χ1v) is 8.29. The number of benzene rings is 2. The standard InChI is InChI=1S/C18H16BN3O6/c23-16-10(4-3-5-11(16)18(25)26)8-15(19(27)28)22-17(24)14-9-20-12-6-1-2-7-13(12)21-14/h1-7,9,15,23,27-28H,8H2,(H,22,24)(H,25,26)/t15-/m0/s1. The summed E-state index contributed by atoms with van der Waals surface area (Å²) >= 11 is 0. The molecule has 0 saturated heterocycles. The number of carboxylic acid groups (broad SMARTS) is 1. The molecule has 2 aromatic carbocycles.